The molecule has 0 radical (unpaired) electrons. The zero-order chi connectivity index (χ0) is 12.7. The van der Waals surface area contributed by atoms with Crippen LogP contribution in [0, 0.1) is 6.92 Å². The Morgan fingerprint density at radius 3 is 2.50 bits per heavy atom. The van der Waals surface area contributed by atoms with E-state index in [0.29, 0.717) is 18.2 Å². The van der Waals surface area contributed by atoms with Crippen molar-refractivity contribution in [2.45, 2.75) is 57.3 Å². The normalized spacial score (nSPS) is 32.1. The molecule has 4 heteroatoms. The van der Waals surface area contributed by atoms with Gasteiger partial charge < -0.3 is 4.74 Å². The third-order valence-electron chi connectivity index (χ3n) is 4.86. The first-order chi connectivity index (χ1) is 8.69. The minimum atomic E-state index is 0.480. The molecule has 0 spiro atoms. The van der Waals surface area contributed by atoms with E-state index in [4.69, 9.17) is 4.74 Å². The lowest BCUT2D eigenvalue weighted by Crippen LogP contribution is -2.44. The monoisotopic (exact) mass is 249 g/mol. The molecule has 0 N–H and O–H groups in total. The first-order valence-electron chi connectivity index (χ1n) is 6.95. The van der Waals surface area contributed by atoms with Crippen LogP contribution in [0.2, 0.25) is 0 Å². The number of hydrogen-bond donors (Lipinski definition) is 0. The molecule has 2 saturated heterocycles. The van der Waals surface area contributed by atoms with Gasteiger partial charge in [0.25, 0.3) is 0 Å². The lowest BCUT2D eigenvalue weighted by Gasteiger charge is -2.38. The van der Waals surface area contributed by atoms with Crippen molar-refractivity contribution in [2.24, 2.45) is 7.05 Å². The molecule has 18 heavy (non-hydrogen) atoms. The molecule has 1 aromatic rings. The van der Waals surface area contributed by atoms with Gasteiger partial charge in [0.2, 0.25) is 0 Å². The number of nitrogens with zero attached hydrogens (tertiary/aromatic N) is 3. The summed E-state index contributed by atoms with van der Waals surface area (Å²) in [5.41, 5.74) is 2.67. The van der Waals surface area contributed by atoms with Gasteiger partial charge in [0.1, 0.15) is 0 Å². The quantitative estimate of drug-likeness (QED) is 0.819. The van der Waals surface area contributed by atoms with Crippen molar-refractivity contribution in [2.75, 3.05) is 7.11 Å². The highest BCUT2D eigenvalue weighted by molar-refractivity contribution is 5.16. The van der Waals surface area contributed by atoms with Crippen molar-refractivity contribution in [3.63, 3.8) is 0 Å². The number of aromatic nitrogens is 2. The smallest absolute Gasteiger partial charge is 0.0601 e. The molecule has 3 heterocycles. The summed E-state index contributed by atoms with van der Waals surface area (Å²) in [5, 5.41) is 4.35. The Balaban J connectivity index is 1.73. The summed E-state index contributed by atoms with van der Waals surface area (Å²) in [6.07, 6.45) is 7.58. The Bertz CT molecular complexity index is 415. The predicted octanol–water partition coefficient (Wildman–Crippen LogP) is 1.87. The third-order valence-corrected chi connectivity index (χ3v) is 4.86. The molecular weight excluding hydrogens is 226 g/mol. The molecule has 2 aliphatic rings. The van der Waals surface area contributed by atoms with E-state index in [1.807, 2.05) is 25.0 Å². The van der Waals surface area contributed by atoms with Gasteiger partial charge in [-0.15, -0.1) is 0 Å². The molecule has 100 valence electrons. The van der Waals surface area contributed by atoms with Crippen molar-refractivity contribution in [1.29, 1.82) is 0 Å². The Morgan fingerprint density at radius 2 is 2.00 bits per heavy atom. The summed E-state index contributed by atoms with van der Waals surface area (Å²) in [7, 11) is 3.87. The molecule has 2 bridgehead atoms. The Labute approximate surface area is 109 Å². The van der Waals surface area contributed by atoms with E-state index >= 15 is 0 Å². The van der Waals surface area contributed by atoms with Crippen LogP contribution in [0.4, 0.5) is 0 Å². The molecule has 4 nitrogen and oxygen atoms in total. The number of fused-ring (bicyclic) bond motifs is 2. The second kappa shape index (κ2) is 4.67. The van der Waals surface area contributed by atoms with Crippen molar-refractivity contribution >= 4 is 0 Å². The van der Waals surface area contributed by atoms with E-state index in [0.717, 1.165) is 6.54 Å². The number of hydrogen-bond acceptors (Lipinski definition) is 3. The zero-order valence-corrected chi connectivity index (χ0v) is 11.6. The van der Waals surface area contributed by atoms with Crippen LogP contribution in [0.3, 0.4) is 0 Å². The first kappa shape index (κ1) is 12.2. The fourth-order valence-electron chi connectivity index (χ4n) is 3.57. The van der Waals surface area contributed by atoms with Crippen LogP contribution >= 0.6 is 0 Å². The van der Waals surface area contributed by atoms with Crippen LogP contribution < -0.4 is 0 Å². The maximum absolute atomic E-state index is 5.56. The average Bonchev–Trinajstić information content (AvgIpc) is 2.80. The second-order valence-corrected chi connectivity index (χ2v) is 5.77. The predicted molar refractivity (Wildman–Crippen MR) is 70.3 cm³/mol. The van der Waals surface area contributed by atoms with Gasteiger partial charge >= 0.3 is 0 Å². The maximum Gasteiger partial charge on any atom is 0.0601 e. The summed E-state index contributed by atoms with van der Waals surface area (Å²) in [5.74, 6) is 0. The summed E-state index contributed by atoms with van der Waals surface area (Å²) < 4.78 is 7.53. The lowest BCUT2D eigenvalue weighted by atomic mass is 9.99. The number of methoxy groups -OCH3 is 1. The number of rotatable bonds is 3. The number of aryl methyl sites for hydroxylation is 1. The summed E-state index contributed by atoms with van der Waals surface area (Å²) >= 11 is 0. The highest BCUT2D eigenvalue weighted by Crippen LogP contribution is 2.37. The Morgan fingerprint density at radius 1 is 1.33 bits per heavy atom. The van der Waals surface area contributed by atoms with E-state index in [1.165, 1.54) is 36.9 Å². The van der Waals surface area contributed by atoms with Gasteiger partial charge in [-0.05, 0) is 32.6 Å². The second-order valence-electron chi connectivity index (χ2n) is 5.77. The SMILES string of the molecule is COC1C[C@H]2CC[C@@H](C1)N2Cc1cnn(C)c1C. The van der Waals surface area contributed by atoms with Crippen molar-refractivity contribution in [3.05, 3.63) is 17.5 Å². The molecule has 0 amide bonds. The van der Waals surface area contributed by atoms with Gasteiger partial charge in [-0.3, -0.25) is 9.58 Å². The fraction of sp³-hybridized carbons (Fsp3) is 0.786. The largest absolute Gasteiger partial charge is 0.381 e. The third kappa shape index (κ3) is 1.97. The highest BCUT2D eigenvalue weighted by Gasteiger charge is 2.40. The first-order valence-corrected chi connectivity index (χ1v) is 6.95. The van der Waals surface area contributed by atoms with Crippen molar-refractivity contribution < 1.29 is 4.74 Å². The molecule has 0 aromatic carbocycles. The van der Waals surface area contributed by atoms with E-state index in [1.54, 1.807) is 0 Å². The average molecular weight is 249 g/mol. The fourth-order valence-corrected chi connectivity index (χ4v) is 3.57. The van der Waals surface area contributed by atoms with Crippen LogP contribution in [-0.2, 0) is 18.3 Å². The molecule has 1 unspecified atom stereocenters. The minimum Gasteiger partial charge on any atom is -0.381 e. The summed E-state index contributed by atoms with van der Waals surface area (Å²) in [6.45, 7) is 3.22. The van der Waals surface area contributed by atoms with E-state index in [2.05, 4.69) is 16.9 Å². The van der Waals surface area contributed by atoms with E-state index in [9.17, 15) is 0 Å². The standard InChI is InChI=1S/C14H23N3O/c1-10-11(8-15-16(10)2)9-17-12-4-5-13(17)7-14(6-12)18-3/h8,12-14H,4-7,9H2,1-3H3/t12-,13+,14?. The maximum atomic E-state index is 5.56. The van der Waals surface area contributed by atoms with Gasteiger partial charge in [0.15, 0.2) is 0 Å². The molecule has 3 atom stereocenters. The van der Waals surface area contributed by atoms with Gasteiger partial charge in [-0.1, -0.05) is 0 Å². The molecule has 1 aromatic heterocycles. The highest BCUT2D eigenvalue weighted by atomic mass is 16.5. The van der Waals surface area contributed by atoms with Gasteiger partial charge in [0.05, 0.1) is 12.3 Å². The van der Waals surface area contributed by atoms with Crippen LogP contribution in [0.5, 0.6) is 0 Å². The molecule has 2 fully saturated rings. The van der Waals surface area contributed by atoms with E-state index < -0.39 is 0 Å². The topological polar surface area (TPSA) is 30.3 Å². The van der Waals surface area contributed by atoms with Gasteiger partial charge in [-0.2, -0.15) is 5.10 Å². The van der Waals surface area contributed by atoms with Gasteiger partial charge in [0, 0.05) is 44.0 Å². The lowest BCUT2D eigenvalue weighted by molar-refractivity contribution is 0.00245. The Hall–Kier alpha value is -0.870. The molecule has 0 saturated carbocycles. The Kier molecular flexibility index (Phi) is 3.16. The summed E-state index contributed by atoms with van der Waals surface area (Å²) in [4.78, 5) is 2.68. The van der Waals surface area contributed by atoms with Gasteiger partial charge in [-0.25, -0.2) is 0 Å². The molecule has 0 aliphatic carbocycles. The van der Waals surface area contributed by atoms with Crippen LogP contribution in [0.25, 0.3) is 0 Å². The van der Waals surface area contributed by atoms with Crippen LogP contribution in [0.1, 0.15) is 36.9 Å². The zero-order valence-electron chi connectivity index (χ0n) is 11.6. The van der Waals surface area contributed by atoms with Crippen LogP contribution in [-0.4, -0.2) is 40.0 Å². The van der Waals surface area contributed by atoms with Crippen LogP contribution in [0.15, 0.2) is 6.20 Å². The number of ether oxygens (including phenoxy) is 1. The van der Waals surface area contributed by atoms with E-state index in [-0.39, 0.29) is 0 Å². The minimum absolute atomic E-state index is 0.480. The molecule has 3 rings (SSSR count). The van der Waals surface area contributed by atoms with Crippen molar-refractivity contribution in [3.8, 4) is 0 Å². The number of piperidine rings is 1. The summed E-state index contributed by atoms with van der Waals surface area (Å²) in [6, 6.07) is 1.43. The molecule has 2 aliphatic heterocycles. The molecular formula is C14H23N3O. The van der Waals surface area contributed by atoms with Crippen molar-refractivity contribution in [1.82, 2.24) is 14.7 Å².